The van der Waals surface area contributed by atoms with Crippen LogP contribution < -0.4 is 10.6 Å². The van der Waals surface area contributed by atoms with Crippen LogP contribution in [-0.4, -0.2) is 16.9 Å². The summed E-state index contributed by atoms with van der Waals surface area (Å²) in [5.74, 6) is -0.633. The van der Waals surface area contributed by atoms with E-state index in [0.29, 0.717) is 11.3 Å². The monoisotopic (exact) mass is 312 g/mol. The van der Waals surface area contributed by atoms with Gasteiger partial charge in [0.2, 0.25) is 5.91 Å². The first-order valence-electron chi connectivity index (χ1n) is 7.46. The number of anilines is 1. The summed E-state index contributed by atoms with van der Waals surface area (Å²) in [6, 6.07) is 13.2. The number of hydrogen-bond donors (Lipinski definition) is 3. The Balaban J connectivity index is 2.24. The predicted octanol–water partition coefficient (Wildman–Crippen LogP) is 2.91. The van der Waals surface area contributed by atoms with Crippen molar-refractivity contribution in [2.45, 2.75) is 26.3 Å². The summed E-state index contributed by atoms with van der Waals surface area (Å²) in [6.07, 6.45) is 0.284. The van der Waals surface area contributed by atoms with Gasteiger partial charge in [0.05, 0.1) is 5.69 Å². The molecule has 0 heterocycles. The molecule has 120 valence electrons. The predicted molar refractivity (Wildman–Crippen MR) is 89.1 cm³/mol. The number of benzene rings is 2. The van der Waals surface area contributed by atoms with E-state index in [4.69, 9.17) is 0 Å². The Kier molecular flexibility index (Phi) is 5.36. The highest BCUT2D eigenvalue weighted by atomic mass is 16.3. The van der Waals surface area contributed by atoms with Crippen molar-refractivity contribution in [2.24, 2.45) is 0 Å². The Morgan fingerprint density at radius 2 is 1.83 bits per heavy atom. The van der Waals surface area contributed by atoms with Gasteiger partial charge in [0.25, 0.3) is 5.91 Å². The van der Waals surface area contributed by atoms with E-state index in [1.165, 1.54) is 0 Å². The lowest BCUT2D eigenvalue weighted by Gasteiger charge is -2.19. The molecule has 0 saturated heterocycles. The van der Waals surface area contributed by atoms with Crippen LogP contribution in [0.3, 0.4) is 0 Å². The third-order valence-electron chi connectivity index (χ3n) is 3.43. The fraction of sp³-hybridized carbons (Fsp3) is 0.222. The lowest BCUT2D eigenvalue weighted by Crippen LogP contribution is -2.36. The molecule has 0 fully saturated rings. The van der Waals surface area contributed by atoms with Gasteiger partial charge in [-0.1, -0.05) is 43.3 Å². The van der Waals surface area contributed by atoms with Crippen molar-refractivity contribution in [3.63, 3.8) is 0 Å². The van der Waals surface area contributed by atoms with E-state index in [2.05, 4.69) is 10.6 Å². The third-order valence-corrected chi connectivity index (χ3v) is 3.43. The molecular formula is C18H20N2O3. The first-order valence-corrected chi connectivity index (χ1v) is 7.46. The van der Waals surface area contributed by atoms with Crippen LogP contribution in [0.2, 0.25) is 0 Å². The maximum Gasteiger partial charge on any atom is 0.251 e. The largest absolute Gasteiger partial charge is 0.506 e. The molecule has 1 atom stereocenters. The molecule has 0 aromatic heterocycles. The Hall–Kier alpha value is -2.82. The Bertz CT molecular complexity index is 699. The highest BCUT2D eigenvalue weighted by Gasteiger charge is 2.22. The summed E-state index contributed by atoms with van der Waals surface area (Å²) in [4.78, 5) is 24.3. The zero-order valence-electron chi connectivity index (χ0n) is 13.2. The number of phenolic OH excluding ortho intramolecular Hbond substituents is 1. The van der Waals surface area contributed by atoms with Crippen molar-refractivity contribution in [3.8, 4) is 5.75 Å². The van der Waals surface area contributed by atoms with Crippen LogP contribution in [0, 0.1) is 6.92 Å². The standard InChI is InChI=1S/C18H20N2O3/c1-3-16(22)20-17(13-7-5-4-6-8-13)18(23)19-14-10-9-12(2)11-15(14)21/h4-11,17,21H,3H2,1-2H3,(H,19,23)(H,20,22). The Labute approximate surface area is 135 Å². The lowest BCUT2D eigenvalue weighted by atomic mass is 10.1. The first kappa shape index (κ1) is 16.5. The first-order chi connectivity index (χ1) is 11.0. The maximum absolute atomic E-state index is 12.6. The highest BCUT2D eigenvalue weighted by Crippen LogP contribution is 2.25. The number of nitrogens with one attached hydrogen (secondary N) is 2. The summed E-state index contributed by atoms with van der Waals surface area (Å²) in [5.41, 5.74) is 1.88. The topological polar surface area (TPSA) is 78.4 Å². The minimum absolute atomic E-state index is 0.00743. The molecule has 3 N–H and O–H groups in total. The highest BCUT2D eigenvalue weighted by molar-refractivity contribution is 5.98. The number of amides is 2. The van der Waals surface area contributed by atoms with E-state index in [1.54, 1.807) is 49.4 Å². The van der Waals surface area contributed by atoms with Crippen LogP contribution in [0.5, 0.6) is 5.75 Å². The average Bonchev–Trinajstić information content (AvgIpc) is 2.55. The minimum atomic E-state index is -0.815. The number of carbonyl (C=O) groups is 2. The smallest absolute Gasteiger partial charge is 0.251 e. The molecule has 23 heavy (non-hydrogen) atoms. The quantitative estimate of drug-likeness (QED) is 0.743. The molecule has 2 rings (SSSR count). The Morgan fingerprint density at radius 1 is 1.13 bits per heavy atom. The van der Waals surface area contributed by atoms with Gasteiger partial charge in [0, 0.05) is 6.42 Å². The molecule has 2 aromatic rings. The molecule has 0 bridgehead atoms. The second-order valence-electron chi connectivity index (χ2n) is 5.27. The molecule has 5 heteroatoms. The summed E-state index contributed by atoms with van der Waals surface area (Å²) in [7, 11) is 0. The number of carbonyl (C=O) groups excluding carboxylic acids is 2. The van der Waals surface area contributed by atoms with E-state index >= 15 is 0 Å². The maximum atomic E-state index is 12.6. The number of aromatic hydroxyl groups is 1. The van der Waals surface area contributed by atoms with Gasteiger partial charge in [-0.05, 0) is 30.2 Å². The molecule has 0 aliphatic carbocycles. The van der Waals surface area contributed by atoms with Gasteiger partial charge in [0.1, 0.15) is 11.8 Å². The molecule has 2 aromatic carbocycles. The molecule has 0 saturated carbocycles. The average molecular weight is 312 g/mol. The van der Waals surface area contributed by atoms with Crippen molar-refractivity contribution >= 4 is 17.5 Å². The fourth-order valence-corrected chi connectivity index (χ4v) is 2.16. The second-order valence-corrected chi connectivity index (χ2v) is 5.27. The molecule has 0 aliphatic heterocycles. The van der Waals surface area contributed by atoms with E-state index in [-0.39, 0.29) is 18.1 Å². The van der Waals surface area contributed by atoms with Gasteiger partial charge in [-0.25, -0.2) is 0 Å². The number of hydrogen-bond acceptors (Lipinski definition) is 3. The van der Waals surface area contributed by atoms with Crippen molar-refractivity contribution in [2.75, 3.05) is 5.32 Å². The number of phenols is 1. The van der Waals surface area contributed by atoms with Crippen molar-refractivity contribution in [1.29, 1.82) is 0 Å². The minimum Gasteiger partial charge on any atom is -0.506 e. The summed E-state index contributed by atoms with van der Waals surface area (Å²) in [5, 5.41) is 15.3. The molecule has 0 aliphatic rings. The van der Waals surface area contributed by atoms with E-state index in [1.807, 2.05) is 13.0 Å². The summed E-state index contributed by atoms with van der Waals surface area (Å²) in [6.45, 7) is 3.57. The second kappa shape index (κ2) is 7.45. The van der Waals surface area contributed by atoms with Crippen LogP contribution in [0.1, 0.15) is 30.5 Å². The van der Waals surface area contributed by atoms with Gasteiger partial charge < -0.3 is 15.7 Å². The van der Waals surface area contributed by atoms with Crippen molar-refractivity contribution < 1.29 is 14.7 Å². The molecule has 0 spiro atoms. The van der Waals surface area contributed by atoms with Crippen LogP contribution in [0.15, 0.2) is 48.5 Å². The zero-order chi connectivity index (χ0) is 16.8. The summed E-state index contributed by atoms with van der Waals surface area (Å²) < 4.78 is 0. The number of aryl methyl sites for hydroxylation is 1. The zero-order valence-corrected chi connectivity index (χ0v) is 13.2. The normalized spacial score (nSPS) is 11.6. The summed E-state index contributed by atoms with van der Waals surface area (Å²) >= 11 is 0. The van der Waals surface area contributed by atoms with Crippen LogP contribution in [0.4, 0.5) is 5.69 Å². The fourth-order valence-electron chi connectivity index (χ4n) is 2.16. The van der Waals surface area contributed by atoms with Crippen molar-refractivity contribution in [3.05, 3.63) is 59.7 Å². The molecule has 1 unspecified atom stereocenters. The van der Waals surface area contributed by atoms with Crippen molar-refractivity contribution in [1.82, 2.24) is 5.32 Å². The van der Waals surface area contributed by atoms with E-state index in [0.717, 1.165) is 5.56 Å². The van der Waals surface area contributed by atoms with Gasteiger partial charge in [-0.15, -0.1) is 0 Å². The Morgan fingerprint density at radius 3 is 2.43 bits per heavy atom. The van der Waals surface area contributed by atoms with Crippen LogP contribution >= 0.6 is 0 Å². The third kappa shape index (κ3) is 4.32. The van der Waals surface area contributed by atoms with Crippen LogP contribution in [0.25, 0.3) is 0 Å². The molecule has 5 nitrogen and oxygen atoms in total. The van der Waals surface area contributed by atoms with Crippen LogP contribution in [-0.2, 0) is 9.59 Å². The van der Waals surface area contributed by atoms with E-state index in [9.17, 15) is 14.7 Å². The lowest BCUT2D eigenvalue weighted by molar-refractivity contribution is -0.126. The van der Waals surface area contributed by atoms with Gasteiger partial charge in [-0.2, -0.15) is 0 Å². The number of rotatable bonds is 5. The van der Waals surface area contributed by atoms with Gasteiger partial charge in [-0.3, -0.25) is 9.59 Å². The molecule has 0 radical (unpaired) electrons. The molecular weight excluding hydrogens is 292 g/mol. The van der Waals surface area contributed by atoms with Gasteiger partial charge >= 0.3 is 0 Å². The molecule has 2 amide bonds. The van der Waals surface area contributed by atoms with Gasteiger partial charge in [0.15, 0.2) is 0 Å². The SMILES string of the molecule is CCC(=O)NC(C(=O)Nc1ccc(C)cc1O)c1ccccc1. The van der Waals surface area contributed by atoms with E-state index < -0.39 is 11.9 Å².